The molecule has 0 aliphatic carbocycles. The smallest absolute Gasteiger partial charge is 0.241 e. The lowest BCUT2D eigenvalue weighted by molar-refractivity contribution is -0.133. The number of piperazine rings is 1. The highest BCUT2D eigenvalue weighted by molar-refractivity contribution is 9.10. The summed E-state index contributed by atoms with van der Waals surface area (Å²) in [5.74, 6) is 0.231. The van der Waals surface area contributed by atoms with E-state index in [2.05, 4.69) is 43.8 Å². The van der Waals surface area contributed by atoms with Crippen LogP contribution in [0, 0.1) is 0 Å². The van der Waals surface area contributed by atoms with Crippen LogP contribution in [0.2, 0.25) is 0 Å². The average molecular weight is 457 g/mol. The van der Waals surface area contributed by atoms with Crippen LogP contribution in [-0.4, -0.2) is 48.8 Å². The lowest BCUT2D eigenvalue weighted by atomic mass is 10.0. The molecule has 0 bridgehead atoms. The van der Waals surface area contributed by atoms with Gasteiger partial charge in [-0.3, -0.25) is 9.59 Å². The fraction of sp³-hybridized carbons (Fsp3) is 0.364. The van der Waals surface area contributed by atoms with Gasteiger partial charge >= 0.3 is 0 Å². The predicted molar refractivity (Wildman–Crippen MR) is 117 cm³/mol. The second-order valence-corrected chi connectivity index (χ2v) is 8.51. The van der Waals surface area contributed by atoms with Gasteiger partial charge in [0, 0.05) is 47.9 Å². The van der Waals surface area contributed by atoms with Crippen molar-refractivity contribution in [2.24, 2.45) is 0 Å². The molecule has 0 saturated carbocycles. The summed E-state index contributed by atoms with van der Waals surface area (Å²) in [6.07, 6.45) is 0.743. The number of anilines is 1. The number of Topliss-reactive ketones (excluding diaryl/α,β-unsaturated/α-hetero) is 1. The molecule has 6 nitrogen and oxygen atoms in total. The van der Waals surface area contributed by atoms with Crippen LogP contribution in [0.15, 0.2) is 53.0 Å². The Morgan fingerprint density at radius 1 is 0.931 bits per heavy atom. The first-order chi connectivity index (χ1) is 14.0. The van der Waals surface area contributed by atoms with Gasteiger partial charge in [-0.1, -0.05) is 28.1 Å². The van der Waals surface area contributed by atoms with Crippen LogP contribution in [0.4, 0.5) is 5.69 Å². The summed E-state index contributed by atoms with van der Waals surface area (Å²) in [6, 6.07) is 15.8. The molecular weight excluding hydrogens is 432 g/mol. The zero-order valence-electron chi connectivity index (χ0n) is 16.4. The number of hydrogen-bond acceptors (Lipinski definition) is 5. The van der Waals surface area contributed by atoms with Crippen molar-refractivity contribution in [1.29, 1.82) is 0 Å². The number of hydrazine groups is 1. The number of rotatable bonds is 4. The predicted octanol–water partition coefficient (Wildman–Crippen LogP) is 2.91. The van der Waals surface area contributed by atoms with E-state index in [1.807, 2.05) is 41.3 Å². The second kappa shape index (κ2) is 8.65. The van der Waals surface area contributed by atoms with Crippen molar-refractivity contribution in [3.8, 4) is 0 Å². The molecule has 0 spiro atoms. The second-order valence-electron chi connectivity index (χ2n) is 7.60. The zero-order valence-corrected chi connectivity index (χ0v) is 18.0. The lowest BCUT2D eigenvalue weighted by Gasteiger charge is -2.37. The molecule has 7 heteroatoms. The molecule has 2 aliphatic rings. The molecule has 2 atom stereocenters. The maximum atomic E-state index is 13.0. The largest absolute Gasteiger partial charge is 0.368 e. The van der Waals surface area contributed by atoms with Crippen molar-refractivity contribution >= 4 is 33.3 Å². The summed E-state index contributed by atoms with van der Waals surface area (Å²) in [7, 11) is 0. The Bertz CT molecular complexity index is 877. The number of amides is 1. The SMILES string of the molecule is CC(=O)c1ccc(N2CCN(C(=O)C3CC(c4ccc(Br)cc4)NN3)CC2)cc1. The number of hydrogen-bond donors (Lipinski definition) is 2. The highest BCUT2D eigenvalue weighted by Gasteiger charge is 2.34. The third kappa shape index (κ3) is 4.52. The fourth-order valence-electron chi connectivity index (χ4n) is 3.94. The topological polar surface area (TPSA) is 64.7 Å². The summed E-state index contributed by atoms with van der Waals surface area (Å²) in [5.41, 5.74) is 9.43. The van der Waals surface area contributed by atoms with Gasteiger partial charge in [0.05, 0.1) is 0 Å². The van der Waals surface area contributed by atoms with Crippen LogP contribution >= 0.6 is 15.9 Å². The number of carbonyl (C=O) groups excluding carboxylic acids is 2. The van der Waals surface area contributed by atoms with E-state index in [0.29, 0.717) is 13.1 Å². The molecule has 2 aromatic rings. The molecule has 2 N–H and O–H groups in total. The van der Waals surface area contributed by atoms with E-state index < -0.39 is 0 Å². The Hall–Kier alpha value is -2.22. The fourth-order valence-corrected chi connectivity index (χ4v) is 4.21. The van der Waals surface area contributed by atoms with Crippen LogP contribution in [0.3, 0.4) is 0 Å². The molecule has 2 saturated heterocycles. The van der Waals surface area contributed by atoms with Crippen LogP contribution < -0.4 is 15.8 Å². The normalized spacial score (nSPS) is 22.0. The van der Waals surface area contributed by atoms with Gasteiger partial charge < -0.3 is 9.80 Å². The molecule has 1 amide bonds. The third-order valence-electron chi connectivity index (χ3n) is 5.70. The Morgan fingerprint density at radius 2 is 1.59 bits per heavy atom. The van der Waals surface area contributed by atoms with E-state index in [-0.39, 0.29) is 23.8 Å². The van der Waals surface area contributed by atoms with Crippen LogP contribution in [0.5, 0.6) is 0 Å². The minimum Gasteiger partial charge on any atom is -0.368 e. The molecule has 4 rings (SSSR count). The number of halogens is 1. The van der Waals surface area contributed by atoms with Gasteiger partial charge in [0.2, 0.25) is 5.91 Å². The van der Waals surface area contributed by atoms with Crippen molar-refractivity contribution in [3.05, 3.63) is 64.1 Å². The first-order valence-corrected chi connectivity index (χ1v) is 10.7. The maximum absolute atomic E-state index is 13.0. The Kier molecular flexibility index (Phi) is 5.99. The van der Waals surface area contributed by atoms with Gasteiger partial charge in [-0.25, -0.2) is 10.9 Å². The highest BCUT2D eigenvalue weighted by atomic mass is 79.9. The molecule has 2 aromatic carbocycles. The molecule has 2 unspecified atom stereocenters. The molecule has 152 valence electrons. The third-order valence-corrected chi connectivity index (χ3v) is 6.23. The minimum atomic E-state index is -0.204. The Labute approximate surface area is 179 Å². The molecule has 2 fully saturated rings. The molecule has 0 radical (unpaired) electrons. The maximum Gasteiger partial charge on any atom is 0.241 e. The monoisotopic (exact) mass is 456 g/mol. The van der Waals surface area contributed by atoms with E-state index in [1.165, 1.54) is 5.56 Å². The number of nitrogens with one attached hydrogen (secondary N) is 2. The van der Waals surface area contributed by atoms with E-state index in [4.69, 9.17) is 0 Å². The first kappa shape index (κ1) is 20.1. The van der Waals surface area contributed by atoms with Crippen molar-refractivity contribution in [2.45, 2.75) is 25.4 Å². The Morgan fingerprint density at radius 3 is 2.21 bits per heavy atom. The molecule has 0 aromatic heterocycles. The van der Waals surface area contributed by atoms with Crippen molar-refractivity contribution in [1.82, 2.24) is 15.8 Å². The first-order valence-electron chi connectivity index (χ1n) is 9.92. The molecule has 29 heavy (non-hydrogen) atoms. The van der Waals surface area contributed by atoms with E-state index in [1.54, 1.807) is 6.92 Å². The van der Waals surface area contributed by atoms with Gasteiger partial charge in [-0.05, 0) is 55.3 Å². The number of benzene rings is 2. The summed E-state index contributed by atoms with van der Waals surface area (Å²) in [4.78, 5) is 28.6. The van der Waals surface area contributed by atoms with E-state index in [0.717, 1.165) is 35.2 Å². The average Bonchev–Trinajstić information content (AvgIpc) is 3.24. The summed E-state index contributed by atoms with van der Waals surface area (Å²) in [6.45, 7) is 4.57. The molecular formula is C22H25BrN4O2. The van der Waals surface area contributed by atoms with Gasteiger partial charge in [-0.15, -0.1) is 0 Å². The van der Waals surface area contributed by atoms with Crippen LogP contribution in [0.25, 0.3) is 0 Å². The van der Waals surface area contributed by atoms with Gasteiger partial charge in [-0.2, -0.15) is 0 Å². The van der Waals surface area contributed by atoms with Crippen LogP contribution in [0.1, 0.15) is 35.3 Å². The van der Waals surface area contributed by atoms with Gasteiger partial charge in [0.25, 0.3) is 0 Å². The molecule has 2 heterocycles. The van der Waals surface area contributed by atoms with Crippen LogP contribution in [-0.2, 0) is 4.79 Å². The van der Waals surface area contributed by atoms with E-state index >= 15 is 0 Å². The Balaban J connectivity index is 1.31. The highest BCUT2D eigenvalue weighted by Crippen LogP contribution is 2.25. The summed E-state index contributed by atoms with van der Waals surface area (Å²) < 4.78 is 1.05. The van der Waals surface area contributed by atoms with Gasteiger partial charge in [0.1, 0.15) is 6.04 Å². The van der Waals surface area contributed by atoms with Crippen molar-refractivity contribution < 1.29 is 9.59 Å². The van der Waals surface area contributed by atoms with Gasteiger partial charge in [0.15, 0.2) is 5.78 Å². The quantitative estimate of drug-likeness (QED) is 0.692. The van der Waals surface area contributed by atoms with Crippen molar-refractivity contribution in [2.75, 3.05) is 31.1 Å². The lowest BCUT2D eigenvalue weighted by Crippen LogP contribution is -2.53. The number of nitrogens with zero attached hydrogens (tertiary/aromatic N) is 2. The summed E-state index contributed by atoms with van der Waals surface area (Å²) >= 11 is 3.46. The van der Waals surface area contributed by atoms with Crippen molar-refractivity contribution in [3.63, 3.8) is 0 Å². The molecule has 2 aliphatic heterocycles. The number of carbonyl (C=O) groups is 2. The zero-order chi connectivity index (χ0) is 20.4. The summed E-state index contributed by atoms with van der Waals surface area (Å²) in [5, 5.41) is 0. The standard InChI is InChI=1S/C22H25BrN4O2/c1-15(28)16-4-8-19(9-5-16)26-10-12-27(13-11-26)22(29)21-14-20(24-25-21)17-2-6-18(23)7-3-17/h2-9,20-21,24-25H,10-14H2,1H3. The minimum absolute atomic E-state index is 0.0751. The number of ketones is 1. The van der Waals surface area contributed by atoms with E-state index in [9.17, 15) is 9.59 Å².